The summed E-state index contributed by atoms with van der Waals surface area (Å²) in [5.41, 5.74) is 1.37. The van der Waals surface area contributed by atoms with Gasteiger partial charge in [0.15, 0.2) is 0 Å². The molecule has 3 rings (SSSR count). The minimum absolute atomic E-state index is 0.0924. The largest absolute Gasteiger partial charge is 0.493 e. The van der Waals surface area contributed by atoms with Crippen molar-refractivity contribution in [3.8, 4) is 11.5 Å². The van der Waals surface area contributed by atoms with E-state index in [0.717, 1.165) is 5.56 Å². The summed E-state index contributed by atoms with van der Waals surface area (Å²) in [5, 5.41) is 0. The van der Waals surface area contributed by atoms with E-state index in [9.17, 15) is 9.59 Å². The molecule has 2 aromatic rings. The Bertz CT molecular complexity index is 789. The number of benzene rings is 2. The number of carbonyl (C=O) groups excluding carboxylic acids is 2. The zero-order chi connectivity index (χ0) is 18.4. The van der Waals surface area contributed by atoms with Gasteiger partial charge in [-0.2, -0.15) is 0 Å². The normalized spacial score (nSPS) is 13.4. The van der Waals surface area contributed by atoms with Gasteiger partial charge in [0.25, 0.3) is 0 Å². The van der Waals surface area contributed by atoms with E-state index in [1.165, 1.54) is 4.90 Å². The van der Waals surface area contributed by atoms with Gasteiger partial charge in [0, 0.05) is 5.56 Å². The summed E-state index contributed by atoms with van der Waals surface area (Å²) in [6.07, 6.45) is 0.217. The van der Waals surface area contributed by atoms with E-state index < -0.39 is 5.97 Å². The van der Waals surface area contributed by atoms with Crippen molar-refractivity contribution in [2.24, 2.45) is 0 Å². The van der Waals surface area contributed by atoms with E-state index in [-0.39, 0.29) is 25.5 Å². The second kappa shape index (κ2) is 8.38. The molecule has 0 aromatic heterocycles. The molecule has 1 aliphatic heterocycles. The Morgan fingerprint density at radius 2 is 1.92 bits per heavy atom. The highest BCUT2D eigenvalue weighted by molar-refractivity contribution is 5.99. The minimum atomic E-state index is -0.485. The molecule has 6 nitrogen and oxygen atoms in total. The van der Waals surface area contributed by atoms with Crippen molar-refractivity contribution in [3.05, 3.63) is 54.1 Å². The Hall–Kier alpha value is -3.02. The van der Waals surface area contributed by atoms with Gasteiger partial charge >= 0.3 is 5.97 Å². The Morgan fingerprint density at radius 3 is 2.77 bits per heavy atom. The van der Waals surface area contributed by atoms with Crippen molar-refractivity contribution in [1.29, 1.82) is 0 Å². The first kappa shape index (κ1) is 17.8. The summed E-state index contributed by atoms with van der Waals surface area (Å²) in [5.74, 6) is 0.628. The van der Waals surface area contributed by atoms with Crippen LogP contribution in [0.2, 0.25) is 0 Å². The quantitative estimate of drug-likeness (QED) is 0.746. The maximum atomic E-state index is 12.3. The Kier molecular flexibility index (Phi) is 5.73. The molecule has 6 heteroatoms. The van der Waals surface area contributed by atoms with Crippen LogP contribution in [-0.4, -0.2) is 31.6 Å². The van der Waals surface area contributed by atoms with Crippen LogP contribution >= 0.6 is 0 Å². The topological polar surface area (TPSA) is 65.1 Å². The molecule has 0 unspecified atom stereocenters. The van der Waals surface area contributed by atoms with Crippen LogP contribution in [0.4, 0.5) is 5.69 Å². The van der Waals surface area contributed by atoms with Crippen molar-refractivity contribution < 1.29 is 23.8 Å². The van der Waals surface area contributed by atoms with Crippen LogP contribution in [0.3, 0.4) is 0 Å². The molecule has 0 N–H and O–H groups in total. The summed E-state index contributed by atoms with van der Waals surface area (Å²) in [6.45, 7) is 2.66. The van der Waals surface area contributed by atoms with Gasteiger partial charge in [-0.3, -0.25) is 14.5 Å². The van der Waals surface area contributed by atoms with Gasteiger partial charge in [0.1, 0.15) is 24.7 Å². The summed E-state index contributed by atoms with van der Waals surface area (Å²) in [4.78, 5) is 26.1. The monoisotopic (exact) mass is 355 g/mol. The van der Waals surface area contributed by atoms with Crippen molar-refractivity contribution >= 4 is 17.6 Å². The number of ether oxygens (including phenoxy) is 3. The van der Waals surface area contributed by atoms with Crippen molar-refractivity contribution in [1.82, 2.24) is 0 Å². The van der Waals surface area contributed by atoms with E-state index >= 15 is 0 Å². The zero-order valence-electron chi connectivity index (χ0n) is 14.6. The highest BCUT2D eigenvalue weighted by Crippen LogP contribution is 2.30. The molecule has 1 amide bonds. The molecule has 0 aliphatic carbocycles. The predicted octanol–water partition coefficient (Wildman–Crippen LogP) is 2.94. The molecule has 0 radical (unpaired) electrons. The lowest BCUT2D eigenvalue weighted by Gasteiger charge is -2.21. The molecule has 2 aromatic carbocycles. The number of rotatable bonds is 6. The second-order valence-corrected chi connectivity index (χ2v) is 5.75. The number of hydrogen-bond acceptors (Lipinski definition) is 5. The number of carbonyl (C=O) groups is 2. The van der Waals surface area contributed by atoms with E-state index in [1.807, 2.05) is 37.3 Å². The number of anilines is 1. The summed E-state index contributed by atoms with van der Waals surface area (Å²) >= 11 is 0. The Labute approximate surface area is 152 Å². The molecule has 136 valence electrons. The molecule has 0 fully saturated rings. The van der Waals surface area contributed by atoms with Crippen LogP contribution in [0.5, 0.6) is 11.5 Å². The Morgan fingerprint density at radius 1 is 1.15 bits per heavy atom. The van der Waals surface area contributed by atoms with E-state index in [1.54, 1.807) is 18.2 Å². The molecule has 0 saturated carbocycles. The van der Waals surface area contributed by atoms with Crippen LogP contribution in [0.15, 0.2) is 48.5 Å². The predicted molar refractivity (Wildman–Crippen MR) is 96.3 cm³/mol. The minimum Gasteiger partial charge on any atom is -0.493 e. The molecule has 26 heavy (non-hydrogen) atoms. The summed E-state index contributed by atoms with van der Waals surface area (Å²) in [7, 11) is 0. The first-order valence-corrected chi connectivity index (χ1v) is 8.57. The number of para-hydroxylation sites is 3. The zero-order valence-corrected chi connectivity index (χ0v) is 14.6. The third-order valence-corrected chi connectivity index (χ3v) is 3.98. The molecule has 0 atom stereocenters. The Balaban J connectivity index is 1.67. The number of fused-ring (bicyclic) bond motifs is 1. The van der Waals surface area contributed by atoms with Crippen LogP contribution in [0.25, 0.3) is 0 Å². The van der Waals surface area contributed by atoms with Gasteiger partial charge in [-0.15, -0.1) is 0 Å². The molecule has 0 saturated heterocycles. The molecule has 1 aliphatic rings. The standard InChI is InChI=1S/C20H21NO5/c1-2-24-17-9-5-3-7-15(17)14-26-20(23)13-21-16-8-4-6-10-18(16)25-12-11-19(21)22/h3-10H,2,11-14H2,1H3. The molecular formula is C20H21NO5. The fourth-order valence-corrected chi connectivity index (χ4v) is 2.75. The first-order valence-electron chi connectivity index (χ1n) is 8.57. The van der Waals surface area contributed by atoms with Gasteiger partial charge in [0.05, 0.1) is 25.3 Å². The van der Waals surface area contributed by atoms with Gasteiger partial charge in [-0.05, 0) is 25.1 Å². The molecule has 1 heterocycles. The fraction of sp³-hybridized carbons (Fsp3) is 0.300. The van der Waals surface area contributed by atoms with Crippen molar-refractivity contribution in [3.63, 3.8) is 0 Å². The average molecular weight is 355 g/mol. The van der Waals surface area contributed by atoms with E-state index in [0.29, 0.717) is 30.4 Å². The smallest absolute Gasteiger partial charge is 0.326 e. The maximum Gasteiger partial charge on any atom is 0.326 e. The van der Waals surface area contributed by atoms with Gasteiger partial charge in [-0.1, -0.05) is 30.3 Å². The third kappa shape index (κ3) is 4.14. The van der Waals surface area contributed by atoms with E-state index in [4.69, 9.17) is 14.2 Å². The summed E-state index contributed by atoms with van der Waals surface area (Å²) < 4.78 is 16.5. The molecule has 0 bridgehead atoms. The molecular weight excluding hydrogens is 334 g/mol. The van der Waals surface area contributed by atoms with Crippen molar-refractivity contribution in [2.45, 2.75) is 20.0 Å². The van der Waals surface area contributed by atoms with Gasteiger partial charge < -0.3 is 14.2 Å². The second-order valence-electron chi connectivity index (χ2n) is 5.75. The highest BCUT2D eigenvalue weighted by atomic mass is 16.5. The number of nitrogens with zero attached hydrogens (tertiary/aromatic N) is 1. The lowest BCUT2D eigenvalue weighted by molar-refractivity contribution is -0.144. The number of amides is 1. The number of esters is 1. The number of hydrogen-bond donors (Lipinski definition) is 0. The molecule has 0 spiro atoms. The van der Waals surface area contributed by atoms with E-state index in [2.05, 4.69) is 0 Å². The lowest BCUT2D eigenvalue weighted by atomic mass is 10.2. The fourth-order valence-electron chi connectivity index (χ4n) is 2.75. The SMILES string of the molecule is CCOc1ccccc1COC(=O)CN1C(=O)CCOc2ccccc21. The maximum absolute atomic E-state index is 12.3. The summed E-state index contributed by atoms with van der Waals surface area (Å²) in [6, 6.07) is 14.6. The average Bonchev–Trinajstić information content (AvgIpc) is 2.81. The van der Waals surface area contributed by atoms with Crippen molar-refractivity contribution in [2.75, 3.05) is 24.7 Å². The lowest BCUT2D eigenvalue weighted by Crippen LogP contribution is -2.36. The van der Waals surface area contributed by atoms with Crippen LogP contribution in [-0.2, 0) is 20.9 Å². The van der Waals surface area contributed by atoms with Crippen LogP contribution < -0.4 is 14.4 Å². The first-order chi connectivity index (χ1) is 12.7. The van der Waals surface area contributed by atoms with Crippen LogP contribution in [0.1, 0.15) is 18.9 Å². The third-order valence-electron chi connectivity index (χ3n) is 3.98. The highest BCUT2D eigenvalue weighted by Gasteiger charge is 2.25. The van der Waals surface area contributed by atoms with Crippen LogP contribution in [0, 0.1) is 0 Å². The van der Waals surface area contributed by atoms with Gasteiger partial charge in [0.2, 0.25) is 5.91 Å². The van der Waals surface area contributed by atoms with Gasteiger partial charge in [-0.25, -0.2) is 0 Å².